The van der Waals surface area contributed by atoms with Gasteiger partial charge in [0.2, 0.25) is 5.91 Å². The van der Waals surface area contributed by atoms with Crippen molar-refractivity contribution in [3.8, 4) is 0 Å². The van der Waals surface area contributed by atoms with Gasteiger partial charge in [-0.05, 0) is 29.8 Å². The first-order valence-electron chi connectivity index (χ1n) is 4.83. The number of nitrogens with zero attached hydrogens (tertiary/aromatic N) is 1. The summed E-state index contributed by atoms with van der Waals surface area (Å²) in [5, 5.41) is 11.5. The van der Waals surface area contributed by atoms with Crippen LogP contribution in [0, 0.1) is 0 Å². The van der Waals surface area contributed by atoms with E-state index < -0.39 is 6.04 Å². The highest BCUT2D eigenvalue weighted by Gasteiger charge is 2.13. The molecular weight excluding hydrogens is 276 g/mol. The maximum atomic E-state index is 11.4. The molecule has 1 aromatic heterocycles. The van der Waals surface area contributed by atoms with Gasteiger partial charge >= 0.3 is 0 Å². The number of likely N-dealkylation sites (N-methyl/N-ethyl adjacent to an activating group) is 1. The van der Waals surface area contributed by atoms with E-state index in [0.29, 0.717) is 16.7 Å². The summed E-state index contributed by atoms with van der Waals surface area (Å²) in [6.45, 7) is 4.12. The van der Waals surface area contributed by atoms with Gasteiger partial charge < -0.3 is 10.6 Å². The molecule has 0 aliphatic rings. The number of aromatic amines is 1. The summed E-state index contributed by atoms with van der Waals surface area (Å²) >= 11 is 3.12. The average molecular weight is 289 g/mol. The molecule has 7 heteroatoms. The van der Waals surface area contributed by atoms with Crippen molar-refractivity contribution >= 4 is 27.5 Å². The van der Waals surface area contributed by atoms with Crippen LogP contribution in [-0.4, -0.2) is 28.7 Å². The SMILES string of the molecule is CCNC(=O)C(C)Nc1cn[nH]c(=O)c1Br. The summed E-state index contributed by atoms with van der Waals surface area (Å²) in [5.74, 6) is -0.130. The van der Waals surface area contributed by atoms with Gasteiger partial charge in [-0.2, -0.15) is 5.10 Å². The van der Waals surface area contributed by atoms with Gasteiger partial charge in [0.1, 0.15) is 10.5 Å². The third kappa shape index (κ3) is 3.06. The van der Waals surface area contributed by atoms with Gasteiger partial charge in [-0.25, -0.2) is 5.10 Å². The van der Waals surface area contributed by atoms with Crippen LogP contribution in [0.15, 0.2) is 15.5 Å². The summed E-state index contributed by atoms with van der Waals surface area (Å²) in [5.41, 5.74) is 0.149. The molecule has 16 heavy (non-hydrogen) atoms. The maximum Gasteiger partial charge on any atom is 0.280 e. The largest absolute Gasteiger partial charge is 0.372 e. The number of amides is 1. The van der Waals surface area contributed by atoms with Crippen LogP contribution < -0.4 is 16.2 Å². The molecule has 0 bridgehead atoms. The Morgan fingerprint density at radius 1 is 1.69 bits per heavy atom. The molecule has 1 unspecified atom stereocenters. The lowest BCUT2D eigenvalue weighted by Gasteiger charge is -2.14. The van der Waals surface area contributed by atoms with Crippen LogP contribution in [0.25, 0.3) is 0 Å². The number of rotatable bonds is 4. The zero-order valence-electron chi connectivity index (χ0n) is 9.00. The van der Waals surface area contributed by atoms with Crippen LogP contribution in [0.4, 0.5) is 5.69 Å². The van der Waals surface area contributed by atoms with E-state index in [4.69, 9.17) is 0 Å². The minimum absolute atomic E-state index is 0.130. The van der Waals surface area contributed by atoms with E-state index in [2.05, 4.69) is 36.8 Å². The topological polar surface area (TPSA) is 86.9 Å². The van der Waals surface area contributed by atoms with E-state index in [1.807, 2.05) is 6.92 Å². The van der Waals surface area contributed by atoms with E-state index in [9.17, 15) is 9.59 Å². The number of hydrogen-bond acceptors (Lipinski definition) is 4. The molecule has 0 spiro atoms. The minimum Gasteiger partial charge on any atom is -0.372 e. The van der Waals surface area contributed by atoms with Crippen molar-refractivity contribution in [2.45, 2.75) is 19.9 Å². The first-order chi connectivity index (χ1) is 7.56. The standard InChI is InChI=1S/C9H13BrN4O2/c1-3-11-8(15)5(2)13-6-4-12-14-9(16)7(6)10/h4-5H,3H2,1-2H3,(H,11,15)(H2,13,14,16). The molecular formula is C9H13BrN4O2. The normalized spacial score (nSPS) is 11.9. The Kier molecular flexibility index (Phi) is 4.48. The first-order valence-corrected chi connectivity index (χ1v) is 5.63. The lowest BCUT2D eigenvalue weighted by molar-refractivity contribution is -0.121. The zero-order chi connectivity index (χ0) is 12.1. The molecule has 0 saturated heterocycles. The first kappa shape index (κ1) is 12.7. The predicted octanol–water partition coefficient (Wildman–Crippen LogP) is 0.469. The lowest BCUT2D eigenvalue weighted by atomic mass is 10.3. The van der Waals surface area contributed by atoms with E-state index in [-0.39, 0.29) is 11.5 Å². The predicted molar refractivity (Wildman–Crippen MR) is 64.3 cm³/mol. The number of anilines is 1. The second-order valence-corrected chi connectivity index (χ2v) is 3.98. The summed E-state index contributed by atoms with van der Waals surface area (Å²) in [6, 6.07) is -0.431. The fourth-order valence-corrected chi connectivity index (χ4v) is 1.42. The Balaban J connectivity index is 2.77. The Morgan fingerprint density at radius 2 is 2.38 bits per heavy atom. The summed E-state index contributed by atoms with van der Waals surface area (Å²) in [4.78, 5) is 22.7. The number of carbonyl (C=O) groups is 1. The minimum atomic E-state index is -0.431. The summed E-state index contributed by atoms with van der Waals surface area (Å²) in [6.07, 6.45) is 1.45. The summed E-state index contributed by atoms with van der Waals surface area (Å²) < 4.78 is 0.332. The third-order valence-corrected chi connectivity index (χ3v) is 2.70. The van der Waals surface area contributed by atoms with Crippen LogP contribution in [0.2, 0.25) is 0 Å². The molecule has 0 radical (unpaired) electrons. The van der Waals surface area contributed by atoms with Crippen LogP contribution in [-0.2, 0) is 4.79 Å². The molecule has 0 aliphatic carbocycles. The number of H-pyrrole nitrogens is 1. The van der Waals surface area contributed by atoms with Crippen molar-refractivity contribution in [3.05, 3.63) is 21.0 Å². The van der Waals surface area contributed by atoms with Crippen LogP contribution >= 0.6 is 15.9 Å². The number of hydrogen-bond donors (Lipinski definition) is 3. The number of aromatic nitrogens is 2. The van der Waals surface area contributed by atoms with Gasteiger partial charge in [0.05, 0.1) is 11.9 Å². The second kappa shape index (κ2) is 5.64. The van der Waals surface area contributed by atoms with Crippen molar-refractivity contribution in [1.29, 1.82) is 0 Å². The summed E-state index contributed by atoms with van der Waals surface area (Å²) in [7, 11) is 0. The molecule has 1 atom stereocenters. The average Bonchev–Trinajstić information content (AvgIpc) is 2.25. The van der Waals surface area contributed by atoms with E-state index >= 15 is 0 Å². The van der Waals surface area contributed by atoms with Crippen LogP contribution in [0.3, 0.4) is 0 Å². The fraction of sp³-hybridized carbons (Fsp3) is 0.444. The van der Waals surface area contributed by atoms with Crippen molar-refractivity contribution in [2.24, 2.45) is 0 Å². The third-order valence-electron chi connectivity index (χ3n) is 1.91. The molecule has 0 saturated carbocycles. The molecule has 1 heterocycles. The highest BCUT2D eigenvalue weighted by Crippen LogP contribution is 2.16. The quantitative estimate of drug-likeness (QED) is 0.752. The molecule has 6 nitrogen and oxygen atoms in total. The van der Waals surface area contributed by atoms with Gasteiger partial charge in [-0.1, -0.05) is 0 Å². The van der Waals surface area contributed by atoms with Gasteiger partial charge in [-0.3, -0.25) is 9.59 Å². The number of carbonyl (C=O) groups excluding carboxylic acids is 1. The fourth-order valence-electron chi connectivity index (χ4n) is 1.11. The smallest absolute Gasteiger partial charge is 0.280 e. The van der Waals surface area contributed by atoms with Crippen LogP contribution in [0.1, 0.15) is 13.8 Å². The molecule has 1 aromatic rings. The van der Waals surface area contributed by atoms with Crippen LogP contribution in [0.5, 0.6) is 0 Å². The monoisotopic (exact) mass is 288 g/mol. The van der Waals surface area contributed by atoms with E-state index in [1.54, 1.807) is 6.92 Å². The lowest BCUT2D eigenvalue weighted by Crippen LogP contribution is -2.37. The molecule has 3 N–H and O–H groups in total. The van der Waals surface area contributed by atoms with Gasteiger partial charge in [-0.15, -0.1) is 0 Å². The Morgan fingerprint density at radius 3 is 3.00 bits per heavy atom. The molecule has 0 fully saturated rings. The van der Waals surface area contributed by atoms with Crippen molar-refractivity contribution in [3.63, 3.8) is 0 Å². The molecule has 0 aromatic carbocycles. The molecule has 1 rings (SSSR count). The number of halogens is 1. The van der Waals surface area contributed by atoms with E-state index in [1.165, 1.54) is 6.20 Å². The highest BCUT2D eigenvalue weighted by atomic mass is 79.9. The van der Waals surface area contributed by atoms with Crippen molar-refractivity contribution in [1.82, 2.24) is 15.5 Å². The van der Waals surface area contributed by atoms with E-state index in [0.717, 1.165) is 0 Å². The molecule has 0 aliphatic heterocycles. The van der Waals surface area contributed by atoms with Crippen molar-refractivity contribution in [2.75, 3.05) is 11.9 Å². The van der Waals surface area contributed by atoms with Gasteiger partial charge in [0, 0.05) is 6.54 Å². The zero-order valence-corrected chi connectivity index (χ0v) is 10.6. The Bertz CT molecular complexity index is 432. The van der Waals surface area contributed by atoms with Gasteiger partial charge in [0.25, 0.3) is 5.56 Å². The molecule has 1 amide bonds. The number of nitrogens with one attached hydrogen (secondary N) is 3. The van der Waals surface area contributed by atoms with Crippen molar-refractivity contribution < 1.29 is 4.79 Å². The Labute approximate surface area is 101 Å². The molecule has 88 valence electrons. The maximum absolute atomic E-state index is 11.4. The second-order valence-electron chi connectivity index (χ2n) is 3.19. The van der Waals surface area contributed by atoms with Gasteiger partial charge in [0.15, 0.2) is 0 Å². The highest BCUT2D eigenvalue weighted by molar-refractivity contribution is 9.10. The Hall–Kier alpha value is -1.37.